The van der Waals surface area contributed by atoms with Crippen molar-refractivity contribution < 1.29 is 26.5 Å². The second-order valence-corrected chi connectivity index (χ2v) is 6.84. The zero-order chi connectivity index (χ0) is 18.8. The van der Waals surface area contributed by atoms with Crippen LogP contribution in [0.2, 0.25) is 5.02 Å². The number of nitrogens with zero attached hydrogens (tertiary/aromatic N) is 1. The summed E-state index contributed by atoms with van der Waals surface area (Å²) >= 11 is 6.15. The summed E-state index contributed by atoms with van der Waals surface area (Å²) in [5.41, 5.74) is 1.99. The Morgan fingerprint density at radius 2 is 1.52 bits per heavy atom. The Hall–Kier alpha value is -2.02. The van der Waals surface area contributed by atoms with Crippen LogP contribution in [0.25, 0.3) is 22.2 Å². The van der Waals surface area contributed by atoms with Crippen LogP contribution >= 0.6 is 11.6 Å². The summed E-state index contributed by atoms with van der Waals surface area (Å²) in [7, 11) is -6.00. The predicted molar refractivity (Wildman–Crippen MR) is 92.0 cm³/mol. The van der Waals surface area contributed by atoms with Crippen molar-refractivity contribution in [3.05, 3.63) is 53.6 Å². The first-order valence-electron chi connectivity index (χ1n) is 7.54. The Kier molecular flexibility index (Phi) is 5.47. The Morgan fingerprint density at radius 1 is 0.960 bits per heavy atom. The van der Waals surface area contributed by atoms with E-state index in [-0.39, 0.29) is 5.54 Å². The molecule has 0 radical (unpaired) electrons. The quantitative estimate of drug-likeness (QED) is 0.286. The number of hydrogen-bond acceptors (Lipinski definition) is 1. The summed E-state index contributed by atoms with van der Waals surface area (Å²) in [6, 6.07) is 16.0. The van der Waals surface area contributed by atoms with Gasteiger partial charge in [0.05, 0.1) is 0 Å². The van der Waals surface area contributed by atoms with Gasteiger partial charge in [0.2, 0.25) is 11.3 Å². The van der Waals surface area contributed by atoms with E-state index in [4.69, 9.17) is 16.1 Å². The minimum atomic E-state index is -6.00. The lowest BCUT2D eigenvalue weighted by molar-refractivity contribution is -0.886. The molecule has 2 aromatic carbocycles. The minimum absolute atomic E-state index is 0.126. The van der Waals surface area contributed by atoms with Crippen LogP contribution in [0.4, 0.5) is 17.3 Å². The van der Waals surface area contributed by atoms with Crippen LogP contribution in [0.1, 0.15) is 20.8 Å². The molecule has 1 heterocycles. The fraction of sp³-hybridized carbons (Fsp3) is 0.235. The molecule has 0 bridgehead atoms. The van der Waals surface area contributed by atoms with Gasteiger partial charge in [0.15, 0.2) is 0 Å². The van der Waals surface area contributed by atoms with Crippen molar-refractivity contribution in [3.63, 3.8) is 0 Å². The van der Waals surface area contributed by atoms with Gasteiger partial charge in [-0.2, -0.15) is 0 Å². The van der Waals surface area contributed by atoms with E-state index in [1.54, 1.807) is 0 Å². The first-order valence-corrected chi connectivity index (χ1v) is 7.92. The smallest absolute Gasteiger partial charge is 0.418 e. The molecule has 2 nitrogen and oxygen atoms in total. The van der Waals surface area contributed by atoms with Crippen molar-refractivity contribution in [2.45, 2.75) is 26.3 Å². The molecule has 0 fully saturated rings. The Labute approximate surface area is 148 Å². The van der Waals surface area contributed by atoms with Crippen LogP contribution in [0.3, 0.4) is 0 Å². The first-order chi connectivity index (χ1) is 11.5. The van der Waals surface area contributed by atoms with Gasteiger partial charge in [0.1, 0.15) is 5.39 Å². The topological polar surface area (TPSA) is 17.0 Å². The fourth-order valence-electron chi connectivity index (χ4n) is 2.35. The van der Waals surface area contributed by atoms with Gasteiger partial charge in [-0.25, -0.2) is 4.52 Å². The summed E-state index contributed by atoms with van der Waals surface area (Å²) in [4.78, 5) is 0. The van der Waals surface area contributed by atoms with Crippen LogP contribution in [0, 0.1) is 0 Å². The molecular weight excluding hydrogens is 356 g/mol. The van der Waals surface area contributed by atoms with E-state index in [1.807, 2.05) is 53.3 Å². The zero-order valence-electron chi connectivity index (χ0n) is 13.9. The Bertz CT molecular complexity index is 851. The molecule has 0 aliphatic heterocycles. The molecule has 1 aromatic heterocycles. The predicted octanol–water partition coefficient (Wildman–Crippen LogP) is 6.10. The van der Waals surface area contributed by atoms with Crippen molar-refractivity contribution in [2.24, 2.45) is 0 Å². The molecule has 0 saturated heterocycles. The molecule has 0 atom stereocenters. The third-order valence-corrected chi connectivity index (χ3v) is 3.48. The summed E-state index contributed by atoms with van der Waals surface area (Å²) in [5.74, 6) is 0.859. The second-order valence-electron chi connectivity index (χ2n) is 6.41. The fourth-order valence-corrected chi connectivity index (χ4v) is 2.52. The van der Waals surface area contributed by atoms with Crippen molar-refractivity contribution >= 4 is 29.8 Å². The third-order valence-electron chi connectivity index (χ3n) is 3.25. The van der Waals surface area contributed by atoms with Gasteiger partial charge < -0.3 is 17.3 Å². The molecule has 25 heavy (non-hydrogen) atoms. The Balaban J connectivity index is 0.000000399. The van der Waals surface area contributed by atoms with Crippen molar-refractivity contribution in [3.8, 4) is 11.3 Å². The number of rotatable bonds is 1. The highest BCUT2D eigenvalue weighted by atomic mass is 35.5. The normalized spacial score (nSPS) is 12.0. The number of aromatic nitrogens is 1. The van der Waals surface area contributed by atoms with Gasteiger partial charge >= 0.3 is 7.25 Å². The van der Waals surface area contributed by atoms with Crippen molar-refractivity contribution in [1.82, 2.24) is 0 Å². The van der Waals surface area contributed by atoms with Crippen LogP contribution in [-0.4, -0.2) is 7.25 Å². The molecule has 0 N–H and O–H groups in total. The van der Waals surface area contributed by atoms with Gasteiger partial charge in [-0.1, -0.05) is 41.9 Å². The molecule has 8 heteroatoms. The number of halogens is 5. The van der Waals surface area contributed by atoms with Crippen LogP contribution in [0.5, 0.6) is 0 Å². The minimum Gasteiger partial charge on any atom is -0.418 e. The van der Waals surface area contributed by atoms with Crippen LogP contribution in [-0.2, 0) is 5.54 Å². The number of hydrogen-bond donors (Lipinski definition) is 0. The zero-order valence-corrected chi connectivity index (χ0v) is 14.7. The molecule has 0 saturated carbocycles. The molecule has 3 aromatic rings. The van der Waals surface area contributed by atoms with Gasteiger partial charge in [-0.15, -0.1) is 0 Å². The highest BCUT2D eigenvalue weighted by Crippen LogP contribution is 2.31. The molecule has 0 amide bonds. The molecule has 0 unspecified atom stereocenters. The first kappa shape index (κ1) is 19.3. The Morgan fingerprint density at radius 3 is 2.04 bits per heavy atom. The monoisotopic (exact) mass is 373 g/mol. The maximum absolute atomic E-state index is 9.75. The van der Waals surface area contributed by atoms with Gasteiger partial charge in [0.25, 0.3) is 5.52 Å². The van der Waals surface area contributed by atoms with E-state index in [9.17, 15) is 17.3 Å². The third kappa shape index (κ3) is 5.23. The van der Waals surface area contributed by atoms with Crippen LogP contribution < -0.4 is 4.74 Å². The van der Waals surface area contributed by atoms with Crippen molar-refractivity contribution in [1.29, 1.82) is 0 Å². The molecule has 3 rings (SSSR count). The maximum atomic E-state index is 9.75. The second kappa shape index (κ2) is 7.08. The van der Waals surface area contributed by atoms with E-state index in [1.165, 1.54) is 0 Å². The molecule has 0 aliphatic rings. The maximum Gasteiger partial charge on any atom is 0.673 e. The van der Waals surface area contributed by atoms with Crippen molar-refractivity contribution in [2.75, 3.05) is 0 Å². The molecule has 0 spiro atoms. The lowest BCUT2D eigenvalue weighted by Crippen LogP contribution is -2.48. The average molecular weight is 374 g/mol. The van der Waals surface area contributed by atoms with E-state index in [0.717, 1.165) is 27.2 Å². The number of benzene rings is 2. The highest BCUT2D eigenvalue weighted by molar-refractivity contribution is 6.50. The lowest BCUT2D eigenvalue weighted by Gasteiger charge is -2.07. The van der Waals surface area contributed by atoms with E-state index in [2.05, 4.69) is 20.8 Å². The number of fused-ring (bicyclic) bond motifs is 1. The van der Waals surface area contributed by atoms with Crippen LogP contribution in [0.15, 0.2) is 53.1 Å². The SMILES string of the molecule is CC(C)(C)[n+]1oc(-c2ccccc2)c2cc(Cl)ccc21.F[B-](F)(F)F. The van der Waals surface area contributed by atoms with E-state index < -0.39 is 7.25 Å². The van der Waals surface area contributed by atoms with E-state index >= 15 is 0 Å². The van der Waals surface area contributed by atoms with E-state index in [0.29, 0.717) is 0 Å². The lowest BCUT2D eigenvalue weighted by atomic mass is 10.1. The van der Waals surface area contributed by atoms with Gasteiger partial charge in [0, 0.05) is 37.4 Å². The van der Waals surface area contributed by atoms with Gasteiger partial charge in [-0.05, 0) is 16.9 Å². The summed E-state index contributed by atoms with van der Waals surface area (Å²) in [6.45, 7) is 6.37. The largest absolute Gasteiger partial charge is 0.673 e. The summed E-state index contributed by atoms with van der Waals surface area (Å²) < 4.78 is 47.1. The molecule has 0 aliphatic carbocycles. The average Bonchev–Trinajstić information content (AvgIpc) is 2.85. The highest BCUT2D eigenvalue weighted by Gasteiger charge is 2.32. The standard InChI is InChI=1S/C17H17ClNO.BF4/c1-17(2,3)19-15-10-9-13(18)11-14(15)16(20-19)12-7-5-4-6-8-12;2-1(3,4)5/h4-11H,1-3H3;/q+1;-1. The summed E-state index contributed by atoms with van der Waals surface area (Å²) in [6.07, 6.45) is 0. The van der Waals surface area contributed by atoms with Gasteiger partial charge in [-0.3, -0.25) is 0 Å². The summed E-state index contributed by atoms with van der Waals surface area (Å²) in [5, 5.41) is 1.76. The molecular formula is C17H17BClF4NO. The molecule has 134 valence electrons.